The van der Waals surface area contributed by atoms with Crippen LogP contribution in [0.5, 0.6) is 0 Å². The molecule has 0 aliphatic rings. The molecule has 0 fully saturated rings. The lowest BCUT2D eigenvalue weighted by molar-refractivity contribution is -0.116. The molecule has 1 unspecified atom stereocenters. The normalized spacial score (nSPS) is 11.8. The van der Waals surface area contributed by atoms with E-state index in [-0.39, 0.29) is 16.9 Å². The first-order valence-electron chi connectivity index (χ1n) is 8.11. The third-order valence-corrected chi connectivity index (χ3v) is 4.40. The summed E-state index contributed by atoms with van der Waals surface area (Å²) in [5.41, 5.74) is 7.75. The molecule has 132 valence electrons. The van der Waals surface area contributed by atoms with Crippen LogP contribution < -0.4 is 11.1 Å². The fourth-order valence-electron chi connectivity index (χ4n) is 2.23. The number of nitrogens with two attached hydrogens (primary N) is 1. The highest BCUT2D eigenvalue weighted by molar-refractivity contribution is 8.00. The fourth-order valence-corrected chi connectivity index (χ4v) is 3.15. The summed E-state index contributed by atoms with van der Waals surface area (Å²) >= 11 is 1.27. The number of hydrogen-bond donors (Lipinski definition) is 2. The molecule has 1 aromatic carbocycles. The topological polar surface area (TPSA) is 98.0 Å². The van der Waals surface area contributed by atoms with Gasteiger partial charge in [-0.3, -0.25) is 9.59 Å². The molecule has 0 bridgehead atoms. The summed E-state index contributed by atoms with van der Waals surface area (Å²) in [4.78, 5) is 32.6. The number of nitrogen functional groups attached to an aromatic ring is 1. The molecule has 7 heteroatoms. The number of thioether (sulfide) groups is 1. The van der Waals surface area contributed by atoms with Crippen LogP contribution in [0, 0.1) is 6.92 Å². The van der Waals surface area contributed by atoms with Gasteiger partial charge in [0.2, 0.25) is 5.91 Å². The Labute approximate surface area is 151 Å². The predicted molar refractivity (Wildman–Crippen MR) is 101 cm³/mol. The Bertz CT molecular complexity index is 742. The Morgan fingerprint density at radius 2 is 1.92 bits per heavy atom. The standard InChI is InChI=1S/C18H22N4O2S/c1-4-5-16(23)21-14-8-6-13(7-9-14)17(24)12(3)25-18-20-11(2)10-15(19)22-18/h6-10,12H,4-5H2,1-3H3,(H,21,23)(H2,19,20,22). The van der Waals surface area contributed by atoms with E-state index in [9.17, 15) is 9.59 Å². The van der Waals surface area contributed by atoms with Crippen molar-refractivity contribution in [2.24, 2.45) is 0 Å². The van der Waals surface area contributed by atoms with E-state index in [4.69, 9.17) is 5.73 Å². The van der Waals surface area contributed by atoms with E-state index in [1.807, 2.05) is 20.8 Å². The van der Waals surface area contributed by atoms with Crippen molar-refractivity contribution in [3.8, 4) is 0 Å². The van der Waals surface area contributed by atoms with E-state index in [1.165, 1.54) is 11.8 Å². The lowest BCUT2D eigenvalue weighted by Gasteiger charge is -2.11. The van der Waals surface area contributed by atoms with Crippen LogP contribution in [0.25, 0.3) is 0 Å². The molecule has 0 aliphatic heterocycles. The van der Waals surface area contributed by atoms with Crippen LogP contribution in [-0.2, 0) is 4.79 Å². The van der Waals surface area contributed by atoms with Crippen molar-refractivity contribution in [2.75, 3.05) is 11.1 Å². The third kappa shape index (κ3) is 5.56. The molecule has 2 rings (SSSR count). The number of aryl methyl sites for hydroxylation is 1. The number of nitrogens with zero attached hydrogens (tertiary/aromatic N) is 2. The zero-order valence-corrected chi connectivity index (χ0v) is 15.4. The van der Waals surface area contributed by atoms with Gasteiger partial charge >= 0.3 is 0 Å². The summed E-state index contributed by atoms with van der Waals surface area (Å²) < 4.78 is 0. The first-order valence-corrected chi connectivity index (χ1v) is 8.99. The molecular formula is C18H22N4O2S. The lowest BCUT2D eigenvalue weighted by atomic mass is 10.1. The Balaban J connectivity index is 2.02. The van der Waals surface area contributed by atoms with E-state index >= 15 is 0 Å². The maximum Gasteiger partial charge on any atom is 0.224 e. The molecule has 0 aliphatic carbocycles. The van der Waals surface area contributed by atoms with Crippen LogP contribution in [0.3, 0.4) is 0 Å². The van der Waals surface area contributed by atoms with Crippen molar-refractivity contribution in [1.29, 1.82) is 0 Å². The molecule has 6 nitrogen and oxygen atoms in total. The fraction of sp³-hybridized carbons (Fsp3) is 0.333. The maximum atomic E-state index is 12.6. The van der Waals surface area contributed by atoms with Gasteiger partial charge in [0.15, 0.2) is 10.9 Å². The summed E-state index contributed by atoms with van der Waals surface area (Å²) in [6.45, 7) is 5.60. The molecule has 0 radical (unpaired) electrons. The van der Waals surface area contributed by atoms with Crippen LogP contribution in [0.15, 0.2) is 35.5 Å². The van der Waals surface area contributed by atoms with Gasteiger partial charge in [-0.2, -0.15) is 0 Å². The van der Waals surface area contributed by atoms with Crippen LogP contribution in [0.2, 0.25) is 0 Å². The first kappa shape index (κ1) is 18.9. The molecule has 1 aromatic heterocycles. The Morgan fingerprint density at radius 3 is 2.52 bits per heavy atom. The zero-order valence-electron chi connectivity index (χ0n) is 14.6. The van der Waals surface area contributed by atoms with Gasteiger partial charge in [0, 0.05) is 29.4 Å². The van der Waals surface area contributed by atoms with Crippen molar-refractivity contribution in [3.63, 3.8) is 0 Å². The Kier molecular flexibility index (Phi) is 6.52. The number of carbonyl (C=O) groups excluding carboxylic acids is 2. The highest BCUT2D eigenvalue weighted by Gasteiger charge is 2.18. The number of amides is 1. The lowest BCUT2D eigenvalue weighted by Crippen LogP contribution is -2.15. The van der Waals surface area contributed by atoms with Gasteiger partial charge in [0.05, 0.1) is 5.25 Å². The van der Waals surface area contributed by atoms with Gasteiger partial charge in [-0.1, -0.05) is 18.7 Å². The van der Waals surface area contributed by atoms with Gasteiger partial charge in [-0.25, -0.2) is 9.97 Å². The molecule has 3 N–H and O–H groups in total. The highest BCUT2D eigenvalue weighted by atomic mass is 32.2. The minimum atomic E-state index is -0.346. The second-order valence-electron chi connectivity index (χ2n) is 5.72. The Morgan fingerprint density at radius 1 is 1.24 bits per heavy atom. The smallest absolute Gasteiger partial charge is 0.224 e. The summed E-state index contributed by atoms with van der Waals surface area (Å²) in [6.07, 6.45) is 1.27. The monoisotopic (exact) mass is 358 g/mol. The number of hydrogen-bond acceptors (Lipinski definition) is 6. The van der Waals surface area contributed by atoms with Gasteiger partial charge in [-0.15, -0.1) is 0 Å². The first-order chi connectivity index (χ1) is 11.9. The SMILES string of the molecule is CCCC(=O)Nc1ccc(C(=O)C(C)Sc2nc(C)cc(N)n2)cc1. The average molecular weight is 358 g/mol. The molecular weight excluding hydrogens is 336 g/mol. The van der Waals surface area contributed by atoms with Crippen molar-refractivity contribution < 1.29 is 9.59 Å². The largest absolute Gasteiger partial charge is 0.384 e. The molecule has 1 amide bonds. The molecule has 0 saturated heterocycles. The third-order valence-electron chi connectivity index (χ3n) is 3.44. The number of benzene rings is 1. The predicted octanol–water partition coefficient (Wildman–Crippen LogP) is 3.47. The summed E-state index contributed by atoms with van der Waals surface area (Å²) in [7, 11) is 0. The van der Waals surface area contributed by atoms with Crippen LogP contribution in [-0.4, -0.2) is 26.9 Å². The quantitative estimate of drug-likeness (QED) is 0.447. The van der Waals surface area contributed by atoms with Gasteiger partial charge in [-0.05, 0) is 44.5 Å². The van der Waals surface area contributed by atoms with Crippen molar-refractivity contribution in [1.82, 2.24) is 9.97 Å². The van der Waals surface area contributed by atoms with Crippen molar-refractivity contribution in [3.05, 3.63) is 41.6 Å². The summed E-state index contributed by atoms with van der Waals surface area (Å²) in [5.74, 6) is 0.335. The van der Waals surface area contributed by atoms with Gasteiger partial charge < -0.3 is 11.1 Å². The number of rotatable bonds is 7. The average Bonchev–Trinajstić information content (AvgIpc) is 2.54. The molecule has 1 heterocycles. The van der Waals surface area contributed by atoms with E-state index in [2.05, 4.69) is 15.3 Å². The van der Waals surface area contributed by atoms with E-state index in [1.54, 1.807) is 30.3 Å². The molecule has 25 heavy (non-hydrogen) atoms. The number of Topliss-reactive ketones (excluding diaryl/α,β-unsaturated/α-hetero) is 1. The molecule has 0 saturated carbocycles. The highest BCUT2D eigenvalue weighted by Crippen LogP contribution is 2.24. The van der Waals surface area contributed by atoms with E-state index < -0.39 is 0 Å². The van der Waals surface area contributed by atoms with Gasteiger partial charge in [0.1, 0.15) is 5.82 Å². The number of anilines is 2. The molecule has 2 aromatic rings. The van der Waals surface area contributed by atoms with E-state index in [0.717, 1.165) is 12.1 Å². The van der Waals surface area contributed by atoms with Crippen LogP contribution in [0.1, 0.15) is 42.7 Å². The number of nitrogens with one attached hydrogen (secondary N) is 1. The number of carbonyl (C=O) groups is 2. The van der Waals surface area contributed by atoms with Crippen molar-refractivity contribution in [2.45, 2.75) is 44.0 Å². The van der Waals surface area contributed by atoms with Gasteiger partial charge in [0.25, 0.3) is 0 Å². The van der Waals surface area contributed by atoms with Crippen LogP contribution in [0.4, 0.5) is 11.5 Å². The van der Waals surface area contributed by atoms with Crippen LogP contribution >= 0.6 is 11.8 Å². The van der Waals surface area contributed by atoms with E-state index in [0.29, 0.717) is 28.6 Å². The summed E-state index contributed by atoms with van der Waals surface area (Å²) in [5, 5.41) is 2.94. The molecule has 0 spiro atoms. The maximum absolute atomic E-state index is 12.6. The number of aromatic nitrogens is 2. The second kappa shape index (κ2) is 8.62. The summed E-state index contributed by atoms with van der Waals surface area (Å²) in [6, 6.07) is 8.58. The minimum absolute atomic E-state index is 0.0277. The second-order valence-corrected chi connectivity index (χ2v) is 7.02. The minimum Gasteiger partial charge on any atom is -0.384 e. The Hall–Kier alpha value is -2.41. The number of ketones is 1. The molecule has 1 atom stereocenters. The van der Waals surface area contributed by atoms with Crippen molar-refractivity contribution >= 4 is 35.0 Å². The zero-order chi connectivity index (χ0) is 18.4.